The maximum absolute atomic E-state index is 4.63. The SMILES string of the molecule is CNCc1cc(C)nc2c(C)cc(C)cc12. The van der Waals surface area contributed by atoms with Crippen molar-refractivity contribution in [2.45, 2.75) is 27.3 Å². The Labute approximate surface area is 96.7 Å². The molecule has 0 spiro atoms. The number of rotatable bonds is 2. The molecular formula is C14H18N2. The molecule has 2 rings (SSSR count). The summed E-state index contributed by atoms with van der Waals surface area (Å²) in [5.74, 6) is 0. The summed E-state index contributed by atoms with van der Waals surface area (Å²) in [7, 11) is 1.98. The lowest BCUT2D eigenvalue weighted by Crippen LogP contribution is -2.07. The first-order valence-electron chi connectivity index (χ1n) is 5.64. The second-order valence-corrected chi connectivity index (χ2v) is 4.43. The molecule has 0 unspecified atom stereocenters. The summed E-state index contributed by atoms with van der Waals surface area (Å²) in [5, 5.41) is 4.49. The standard InChI is InChI=1S/C14H18N2/c1-9-5-10(2)14-13(6-9)12(8-15-4)7-11(3)16-14/h5-7,15H,8H2,1-4H3. The van der Waals surface area contributed by atoms with Crippen molar-refractivity contribution < 1.29 is 0 Å². The summed E-state index contributed by atoms with van der Waals surface area (Å²) in [4.78, 5) is 4.63. The fourth-order valence-electron chi connectivity index (χ4n) is 2.23. The van der Waals surface area contributed by atoms with Gasteiger partial charge in [-0.3, -0.25) is 4.98 Å². The number of hydrogen-bond donors (Lipinski definition) is 1. The van der Waals surface area contributed by atoms with E-state index in [1.807, 2.05) is 7.05 Å². The van der Waals surface area contributed by atoms with Crippen LogP contribution in [0.4, 0.5) is 0 Å². The number of hydrogen-bond acceptors (Lipinski definition) is 2. The first-order valence-corrected chi connectivity index (χ1v) is 5.64. The highest BCUT2D eigenvalue weighted by molar-refractivity contribution is 5.85. The van der Waals surface area contributed by atoms with Crippen molar-refractivity contribution in [1.82, 2.24) is 10.3 Å². The zero-order valence-corrected chi connectivity index (χ0v) is 10.4. The second-order valence-electron chi connectivity index (χ2n) is 4.43. The molecule has 1 aromatic heterocycles. The fourth-order valence-corrected chi connectivity index (χ4v) is 2.23. The molecule has 2 nitrogen and oxygen atoms in total. The van der Waals surface area contributed by atoms with Crippen molar-refractivity contribution in [1.29, 1.82) is 0 Å². The van der Waals surface area contributed by atoms with Crippen LogP contribution in [0, 0.1) is 20.8 Å². The van der Waals surface area contributed by atoms with Gasteiger partial charge in [0.15, 0.2) is 0 Å². The molecule has 2 heteroatoms. The normalized spacial score (nSPS) is 11.0. The largest absolute Gasteiger partial charge is 0.316 e. The lowest BCUT2D eigenvalue weighted by Gasteiger charge is -2.10. The Kier molecular flexibility index (Phi) is 2.92. The zero-order valence-electron chi connectivity index (χ0n) is 10.4. The van der Waals surface area contributed by atoms with E-state index in [0.717, 1.165) is 17.8 Å². The van der Waals surface area contributed by atoms with Gasteiger partial charge >= 0.3 is 0 Å². The van der Waals surface area contributed by atoms with E-state index in [4.69, 9.17) is 0 Å². The molecule has 0 bridgehead atoms. The summed E-state index contributed by atoms with van der Waals surface area (Å²) in [5.41, 5.74) is 6.11. The van der Waals surface area contributed by atoms with Crippen molar-refractivity contribution in [3.8, 4) is 0 Å². The number of fused-ring (bicyclic) bond motifs is 1. The molecule has 0 atom stereocenters. The third-order valence-corrected chi connectivity index (χ3v) is 2.83. The Bertz CT molecular complexity index is 530. The highest BCUT2D eigenvalue weighted by Gasteiger charge is 2.06. The van der Waals surface area contributed by atoms with Crippen LogP contribution in [0.15, 0.2) is 18.2 Å². The van der Waals surface area contributed by atoms with Gasteiger partial charge in [-0.15, -0.1) is 0 Å². The monoisotopic (exact) mass is 214 g/mol. The van der Waals surface area contributed by atoms with E-state index < -0.39 is 0 Å². The van der Waals surface area contributed by atoms with E-state index in [-0.39, 0.29) is 0 Å². The number of nitrogens with one attached hydrogen (secondary N) is 1. The summed E-state index contributed by atoms with van der Waals surface area (Å²) in [6.07, 6.45) is 0. The third kappa shape index (κ3) is 1.93. The van der Waals surface area contributed by atoms with E-state index in [2.05, 4.69) is 49.3 Å². The molecule has 1 N–H and O–H groups in total. The lowest BCUT2D eigenvalue weighted by molar-refractivity contribution is 0.821. The topological polar surface area (TPSA) is 24.9 Å². The van der Waals surface area contributed by atoms with Crippen LogP contribution in [0.1, 0.15) is 22.4 Å². The van der Waals surface area contributed by atoms with Crippen molar-refractivity contribution in [3.63, 3.8) is 0 Å². The Morgan fingerprint density at radius 2 is 1.88 bits per heavy atom. The summed E-state index contributed by atoms with van der Waals surface area (Å²) >= 11 is 0. The smallest absolute Gasteiger partial charge is 0.0737 e. The quantitative estimate of drug-likeness (QED) is 0.831. The lowest BCUT2D eigenvalue weighted by atomic mass is 10.0. The van der Waals surface area contributed by atoms with Crippen LogP contribution >= 0.6 is 0 Å². The average Bonchev–Trinajstić information content (AvgIpc) is 2.20. The number of pyridine rings is 1. The van der Waals surface area contributed by atoms with Gasteiger partial charge in [-0.25, -0.2) is 0 Å². The van der Waals surface area contributed by atoms with Crippen molar-refractivity contribution in [2.75, 3.05) is 7.05 Å². The summed E-state index contributed by atoms with van der Waals surface area (Å²) < 4.78 is 0. The van der Waals surface area contributed by atoms with E-state index in [0.29, 0.717) is 0 Å². The van der Waals surface area contributed by atoms with Gasteiger partial charge < -0.3 is 5.32 Å². The molecule has 0 aliphatic rings. The molecule has 0 amide bonds. The van der Waals surface area contributed by atoms with Crippen molar-refractivity contribution >= 4 is 10.9 Å². The Balaban J connectivity index is 2.78. The van der Waals surface area contributed by atoms with Crippen LogP contribution in [0.2, 0.25) is 0 Å². The third-order valence-electron chi connectivity index (χ3n) is 2.83. The van der Waals surface area contributed by atoms with Crippen LogP contribution in [0.3, 0.4) is 0 Å². The average molecular weight is 214 g/mol. The maximum atomic E-state index is 4.63. The van der Waals surface area contributed by atoms with Crippen molar-refractivity contribution in [2.24, 2.45) is 0 Å². The van der Waals surface area contributed by atoms with Gasteiger partial charge in [0.05, 0.1) is 5.52 Å². The predicted molar refractivity (Wildman–Crippen MR) is 68.7 cm³/mol. The number of aromatic nitrogens is 1. The van der Waals surface area contributed by atoms with Gasteiger partial charge in [-0.05, 0) is 51.1 Å². The minimum absolute atomic E-state index is 0.892. The molecule has 2 aromatic rings. The second kappa shape index (κ2) is 4.22. The Hall–Kier alpha value is -1.41. The maximum Gasteiger partial charge on any atom is 0.0737 e. The van der Waals surface area contributed by atoms with Crippen molar-refractivity contribution in [3.05, 3.63) is 40.6 Å². The molecule has 16 heavy (non-hydrogen) atoms. The summed E-state index contributed by atoms with van der Waals surface area (Å²) in [6.45, 7) is 7.21. The van der Waals surface area contributed by atoms with Gasteiger partial charge in [0.25, 0.3) is 0 Å². The highest BCUT2D eigenvalue weighted by atomic mass is 14.8. The molecule has 84 valence electrons. The van der Waals surface area contributed by atoms with Gasteiger partial charge in [0.2, 0.25) is 0 Å². The van der Waals surface area contributed by atoms with Crippen LogP contribution in [0.5, 0.6) is 0 Å². The fraction of sp³-hybridized carbons (Fsp3) is 0.357. The van der Waals surface area contributed by atoms with E-state index in [1.54, 1.807) is 0 Å². The van der Waals surface area contributed by atoms with Crippen LogP contribution in [0.25, 0.3) is 10.9 Å². The van der Waals surface area contributed by atoms with Gasteiger partial charge in [-0.2, -0.15) is 0 Å². The van der Waals surface area contributed by atoms with E-state index >= 15 is 0 Å². The van der Waals surface area contributed by atoms with Gasteiger partial charge in [-0.1, -0.05) is 11.6 Å². The van der Waals surface area contributed by atoms with Crippen LogP contribution < -0.4 is 5.32 Å². The van der Waals surface area contributed by atoms with Gasteiger partial charge in [0.1, 0.15) is 0 Å². The molecule has 0 saturated heterocycles. The Morgan fingerprint density at radius 3 is 2.56 bits per heavy atom. The predicted octanol–water partition coefficient (Wildman–Crippen LogP) is 2.88. The molecule has 1 heterocycles. The minimum atomic E-state index is 0.892. The first-order chi connectivity index (χ1) is 7.61. The summed E-state index contributed by atoms with van der Waals surface area (Å²) in [6, 6.07) is 6.58. The molecule has 0 fully saturated rings. The zero-order chi connectivity index (χ0) is 11.7. The Morgan fingerprint density at radius 1 is 1.12 bits per heavy atom. The van der Waals surface area contributed by atoms with Crippen LogP contribution in [-0.4, -0.2) is 12.0 Å². The molecule has 0 aliphatic heterocycles. The van der Waals surface area contributed by atoms with E-state index in [1.165, 1.54) is 22.1 Å². The van der Waals surface area contributed by atoms with Crippen LogP contribution in [-0.2, 0) is 6.54 Å². The molecule has 0 saturated carbocycles. The molecular weight excluding hydrogens is 196 g/mol. The molecule has 0 aliphatic carbocycles. The highest BCUT2D eigenvalue weighted by Crippen LogP contribution is 2.23. The number of aryl methyl sites for hydroxylation is 3. The molecule has 1 aromatic carbocycles. The first kappa shape index (κ1) is 11.1. The van der Waals surface area contributed by atoms with Gasteiger partial charge in [0, 0.05) is 17.6 Å². The van der Waals surface area contributed by atoms with E-state index in [9.17, 15) is 0 Å². The molecule has 0 radical (unpaired) electrons. The number of benzene rings is 1. The minimum Gasteiger partial charge on any atom is -0.316 e. The number of nitrogens with zero attached hydrogens (tertiary/aromatic N) is 1.